The van der Waals surface area contributed by atoms with Gasteiger partial charge in [0, 0.05) is 18.0 Å². The number of rotatable bonds is 5. The highest BCUT2D eigenvalue weighted by Gasteiger charge is 2.42. The van der Waals surface area contributed by atoms with Crippen LogP contribution in [0, 0.1) is 5.41 Å². The first kappa shape index (κ1) is 13.6. The summed E-state index contributed by atoms with van der Waals surface area (Å²) in [5, 5.41) is 3.31. The average molecular weight is 246 g/mol. The lowest BCUT2D eigenvalue weighted by Gasteiger charge is -2.46. The van der Waals surface area contributed by atoms with Crippen LogP contribution in [0.1, 0.15) is 56.2 Å². The van der Waals surface area contributed by atoms with Crippen molar-refractivity contribution in [2.75, 3.05) is 13.6 Å². The molecule has 2 nitrogen and oxygen atoms in total. The molecule has 100 valence electrons. The Kier molecular flexibility index (Phi) is 4.08. The number of hydrogen-bond donors (Lipinski definition) is 2. The molecule has 3 N–H and O–H groups in total. The zero-order valence-corrected chi connectivity index (χ0v) is 11.9. The molecule has 0 bridgehead atoms. The van der Waals surface area contributed by atoms with Crippen molar-refractivity contribution in [1.29, 1.82) is 0 Å². The van der Waals surface area contributed by atoms with Crippen molar-refractivity contribution in [3.8, 4) is 0 Å². The molecule has 0 aromatic heterocycles. The van der Waals surface area contributed by atoms with Gasteiger partial charge in [-0.1, -0.05) is 44.5 Å². The van der Waals surface area contributed by atoms with Gasteiger partial charge in [0.2, 0.25) is 0 Å². The summed E-state index contributed by atoms with van der Waals surface area (Å²) in [5.74, 6) is 0.588. The Morgan fingerprint density at radius 1 is 1.17 bits per heavy atom. The van der Waals surface area contributed by atoms with Crippen LogP contribution in [-0.4, -0.2) is 13.6 Å². The van der Waals surface area contributed by atoms with Crippen LogP contribution in [0.4, 0.5) is 0 Å². The van der Waals surface area contributed by atoms with Crippen molar-refractivity contribution in [3.05, 3.63) is 35.4 Å². The van der Waals surface area contributed by atoms with Crippen LogP contribution >= 0.6 is 0 Å². The Labute approximate surface area is 111 Å². The minimum absolute atomic E-state index is 0.167. The van der Waals surface area contributed by atoms with Crippen molar-refractivity contribution >= 4 is 0 Å². The zero-order chi connectivity index (χ0) is 13.2. The largest absolute Gasteiger partial charge is 0.323 e. The molecule has 0 amide bonds. The minimum atomic E-state index is 0.167. The van der Waals surface area contributed by atoms with E-state index < -0.39 is 0 Å². The molecule has 1 atom stereocenters. The van der Waals surface area contributed by atoms with Crippen molar-refractivity contribution < 1.29 is 0 Å². The monoisotopic (exact) mass is 246 g/mol. The Morgan fingerprint density at radius 3 is 2.11 bits per heavy atom. The lowest BCUT2D eigenvalue weighted by molar-refractivity contribution is 0.0947. The molecule has 1 aliphatic rings. The minimum Gasteiger partial charge on any atom is -0.323 e. The fraction of sp³-hybridized carbons (Fsp3) is 0.625. The smallest absolute Gasteiger partial charge is 0.0364 e. The fourth-order valence-electron chi connectivity index (χ4n) is 3.02. The second kappa shape index (κ2) is 5.41. The first-order valence-corrected chi connectivity index (χ1v) is 7.09. The standard InChI is InChI=1S/C16H26N2/c1-12(2)13-5-7-14(8-6-13)15(17)16(11-18-3)9-4-10-16/h5-8,12,15,18H,4,9-11,17H2,1-3H3. The first-order valence-electron chi connectivity index (χ1n) is 7.09. The SMILES string of the molecule is CNCC1(C(N)c2ccc(C(C)C)cc2)CCC1. The number of benzene rings is 1. The van der Waals surface area contributed by atoms with Gasteiger partial charge in [0.1, 0.15) is 0 Å². The molecular formula is C16H26N2. The predicted octanol–water partition coefficient (Wildman–Crippen LogP) is 3.20. The summed E-state index contributed by atoms with van der Waals surface area (Å²) in [7, 11) is 2.02. The molecule has 1 aromatic carbocycles. The van der Waals surface area contributed by atoms with Gasteiger partial charge < -0.3 is 11.1 Å². The van der Waals surface area contributed by atoms with Crippen LogP contribution in [0.3, 0.4) is 0 Å². The number of nitrogens with two attached hydrogens (primary N) is 1. The summed E-state index contributed by atoms with van der Waals surface area (Å²) in [6.45, 7) is 5.48. The zero-order valence-electron chi connectivity index (χ0n) is 11.9. The highest BCUT2D eigenvalue weighted by atomic mass is 14.9. The Balaban J connectivity index is 2.15. The number of hydrogen-bond acceptors (Lipinski definition) is 2. The third-order valence-electron chi connectivity index (χ3n) is 4.50. The molecule has 0 radical (unpaired) electrons. The maximum atomic E-state index is 6.51. The molecule has 1 fully saturated rings. The molecule has 2 rings (SSSR count). The van der Waals surface area contributed by atoms with Gasteiger partial charge >= 0.3 is 0 Å². The van der Waals surface area contributed by atoms with E-state index in [4.69, 9.17) is 5.73 Å². The fourth-order valence-corrected chi connectivity index (χ4v) is 3.02. The maximum Gasteiger partial charge on any atom is 0.0364 e. The van der Waals surface area contributed by atoms with E-state index in [-0.39, 0.29) is 11.5 Å². The molecule has 0 spiro atoms. The molecule has 0 heterocycles. The van der Waals surface area contributed by atoms with E-state index >= 15 is 0 Å². The summed E-state index contributed by atoms with van der Waals surface area (Å²) in [5.41, 5.74) is 9.47. The topological polar surface area (TPSA) is 38.0 Å². The first-order chi connectivity index (χ1) is 8.59. The molecule has 1 aliphatic carbocycles. The van der Waals surface area contributed by atoms with Crippen LogP contribution in [0.25, 0.3) is 0 Å². The molecule has 0 aliphatic heterocycles. The molecule has 1 unspecified atom stereocenters. The van der Waals surface area contributed by atoms with Gasteiger partial charge in [-0.2, -0.15) is 0 Å². The van der Waals surface area contributed by atoms with Gasteiger partial charge in [-0.25, -0.2) is 0 Å². The van der Waals surface area contributed by atoms with E-state index in [1.165, 1.54) is 30.4 Å². The molecular weight excluding hydrogens is 220 g/mol. The van der Waals surface area contributed by atoms with Crippen LogP contribution < -0.4 is 11.1 Å². The lowest BCUT2D eigenvalue weighted by Crippen LogP contribution is -2.46. The molecule has 2 heteroatoms. The van der Waals surface area contributed by atoms with Crippen LogP contribution in [0.2, 0.25) is 0 Å². The predicted molar refractivity (Wildman–Crippen MR) is 77.7 cm³/mol. The molecule has 1 saturated carbocycles. The maximum absolute atomic E-state index is 6.51. The summed E-state index contributed by atoms with van der Waals surface area (Å²) >= 11 is 0. The Morgan fingerprint density at radius 2 is 1.72 bits per heavy atom. The summed E-state index contributed by atoms with van der Waals surface area (Å²) < 4.78 is 0. The van der Waals surface area contributed by atoms with Gasteiger partial charge in [-0.15, -0.1) is 0 Å². The Bertz CT molecular complexity index is 377. The van der Waals surface area contributed by atoms with E-state index in [1.54, 1.807) is 0 Å². The van der Waals surface area contributed by atoms with Crippen LogP contribution in [-0.2, 0) is 0 Å². The van der Waals surface area contributed by atoms with Crippen molar-refractivity contribution in [3.63, 3.8) is 0 Å². The highest BCUT2D eigenvalue weighted by Crippen LogP contribution is 2.48. The van der Waals surface area contributed by atoms with Crippen LogP contribution in [0.5, 0.6) is 0 Å². The summed E-state index contributed by atoms with van der Waals surface area (Å²) in [6.07, 6.45) is 3.82. The van der Waals surface area contributed by atoms with E-state index in [0.717, 1.165) is 6.54 Å². The summed E-state index contributed by atoms with van der Waals surface area (Å²) in [4.78, 5) is 0. The van der Waals surface area contributed by atoms with Crippen molar-refractivity contribution in [2.24, 2.45) is 11.1 Å². The Hall–Kier alpha value is -0.860. The van der Waals surface area contributed by atoms with Gasteiger partial charge in [0.25, 0.3) is 0 Å². The van der Waals surface area contributed by atoms with Crippen molar-refractivity contribution in [1.82, 2.24) is 5.32 Å². The third kappa shape index (κ3) is 2.45. The normalized spacial score (nSPS) is 19.6. The second-order valence-corrected chi connectivity index (χ2v) is 6.05. The van der Waals surface area contributed by atoms with E-state index in [2.05, 4.69) is 43.4 Å². The van der Waals surface area contributed by atoms with Crippen molar-refractivity contribution in [2.45, 2.75) is 45.1 Å². The highest BCUT2D eigenvalue weighted by molar-refractivity contribution is 5.28. The number of nitrogens with one attached hydrogen (secondary N) is 1. The van der Waals surface area contributed by atoms with E-state index in [1.807, 2.05) is 7.05 Å². The van der Waals surface area contributed by atoms with E-state index in [9.17, 15) is 0 Å². The van der Waals surface area contributed by atoms with Gasteiger partial charge in [-0.05, 0) is 36.9 Å². The van der Waals surface area contributed by atoms with Crippen LogP contribution in [0.15, 0.2) is 24.3 Å². The summed E-state index contributed by atoms with van der Waals surface area (Å²) in [6, 6.07) is 9.06. The third-order valence-corrected chi connectivity index (χ3v) is 4.50. The molecule has 0 saturated heterocycles. The molecule has 18 heavy (non-hydrogen) atoms. The second-order valence-electron chi connectivity index (χ2n) is 6.05. The quantitative estimate of drug-likeness (QED) is 0.837. The van der Waals surface area contributed by atoms with Gasteiger partial charge in [0.15, 0.2) is 0 Å². The molecule has 1 aromatic rings. The lowest BCUT2D eigenvalue weighted by atomic mass is 9.62. The van der Waals surface area contributed by atoms with Gasteiger partial charge in [-0.3, -0.25) is 0 Å². The van der Waals surface area contributed by atoms with E-state index in [0.29, 0.717) is 5.92 Å². The van der Waals surface area contributed by atoms with Gasteiger partial charge in [0.05, 0.1) is 0 Å². The average Bonchev–Trinajstić information content (AvgIpc) is 2.33.